The van der Waals surface area contributed by atoms with Gasteiger partial charge in [-0.2, -0.15) is 5.10 Å². The largest absolute Gasteiger partial charge is 0.308 e. The van der Waals surface area contributed by atoms with Crippen LogP contribution in [-0.2, 0) is 7.05 Å². The van der Waals surface area contributed by atoms with Gasteiger partial charge in [0.05, 0.1) is 17.3 Å². The van der Waals surface area contributed by atoms with Gasteiger partial charge in [0, 0.05) is 18.0 Å². The van der Waals surface area contributed by atoms with E-state index in [0.29, 0.717) is 5.69 Å². The normalized spacial score (nSPS) is 12.8. The maximum Gasteiger partial charge on any atom is 0.131 e. The van der Waals surface area contributed by atoms with E-state index in [4.69, 9.17) is 0 Å². The van der Waals surface area contributed by atoms with Crippen LogP contribution in [0.5, 0.6) is 0 Å². The molecule has 1 heterocycles. The summed E-state index contributed by atoms with van der Waals surface area (Å²) in [6.45, 7) is 0. The fraction of sp³-hybridized carbons (Fsp3) is 0.188. The van der Waals surface area contributed by atoms with Crippen molar-refractivity contribution in [1.82, 2.24) is 15.1 Å². The quantitative estimate of drug-likeness (QED) is 0.802. The number of aromatic nitrogens is 2. The first-order chi connectivity index (χ1) is 10.1. The van der Waals surface area contributed by atoms with Gasteiger partial charge in [-0.05, 0) is 25.2 Å². The highest BCUT2D eigenvalue weighted by molar-refractivity contribution is 5.82. The summed E-state index contributed by atoms with van der Waals surface area (Å²) in [6, 6.07) is 10.9. The molecule has 3 nitrogen and oxygen atoms in total. The number of nitrogens with zero attached hydrogens (tertiary/aromatic N) is 2. The zero-order valence-electron chi connectivity index (χ0n) is 11.8. The summed E-state index contributed by atoms with van der Waals surface area (Å²) in [5, 5.41) is 8.28. The number of rotatable bonds is 3. The summed E-state index contributed by atoms with van der Waals surface area (Å²) >= 11 is 0. The number of fused-ring (bicyclic) bond motifs is 1. The highest BCUT2D eigenvalue weighted by Crippen LogP contribution is 2.30. The van der Waals surface area contributed by atoms with Gasteiger partial charge >= 0.3 is 0 Å². The molecule has 0 spiro atoms. The van der Waals surface area contributed by atoms with Crippen molar-refractivity contribution in [3.63, 3.8) is 0 Å². The monoisotopic (exact) mass is 287 g/mol. The molecule has 0 saturated heterocycles. The van der Waals surface area contributed by atoms with Gasteiger partial charge in [-0.1, -0.05) is 24.3 Å². The smallest absolute Gasteiger partial charge is 0.131 e. The van der Waals surface area contributed by atoms with Crippen molar-refractivity contribution in [3.8, 4) is 0 Å². The molecule has 0 radical (unpaired) electrons. The van der Waals surface area contributed by atoms with Gasteiger partial charge in [0.1, 0.15) is 11.6 Å². The zero-order chi connectivity index (χ0) is 15.0. The number of para-hydroxylation sites is 1. The highest BCUT2D eigenvalue weighted by atomic mass is 19.1. The number of aryl methyl sites for hydroxylation is 1. The maximum atomic E-state index is 14.1. The summed E-state index contributed by atoms with van der Waals surface area (Å²) in [5.74, 6) is -1.16. The van der Waals surface area contributed by atoms with E-state index in [-0.39, 0.29) is 5.56 Å². The number of halogens is 2. The van der Waals surface area contributed by atoms with Crippen molar-refractivity contribution in [2.45, 2.75) is 6.04 Å². The molecule has 2 aromatic carbocycles. The van der Waals surface area contributed by atoms with Crippen LogP contribution in [0.3, 0.4) is 0 Å². The number of nitrogens with one attached hydrogen (secondary N) is 1. The van der Waals surface area contributed by atoms with Crippen LogP contribution in [0, 0.1) is 11.6 Å². The first kappa shape index (κ1) is 13.7. The topological polar surface area (TPSA) is 29.9 Å². The van der Waals surface area contributed by atoms with E-state index in [1.807, 2.05) is 31.3 Å². The molecule has 0 aliphatic carbocycles. The van der Waals surface area contributed by atoms with Crippen LogP contribution in [0.15, 0.2) is 42.5 Å². The summed E-state index contributed by atoms with van der Waals surface area (Å²) in [7, 11) is 3.48. The number of hydrogen-bond donors (Lipinski definition) is 1. The van der Waals surface area contributed by atoms with Crippen LogP contribution in [0.4, 0.5) is 8.78 Å². The van der Waals surface area contributed by atoms with E-state index < -0.39 is 17.7 Å². The van der Waals surface area contributed by atoms with Gasteiger partial charge in [0.15, 0.2) is 0 Å². The Morgan fingerprint density at radius 2 is 1.71 bits per heavy atom. The van der Waals surface area contributed by atoms with Crippen LogP contribution >= 0.6 is 0 Å². The summed E-state index contributed by atoms with van der Waals surface area (Å²) in [4.78, 5) is 0. The lowest BCUT2D eigenvalue weighted by molar-refractivity contribution is 0.516. The second kappa shape index (κ2) is 5.26. The molecular formula is C16H15F2N3. The van der Waals surface area contributed by atoms with Crippen molar-refractivity contribution in [2.24, 2.45) is 7.05 Å². The van der Waals surface area contributed by atoms with Crippen molar-refractivity contribution in [1.29, 1.82) is 0 Å². The summed E-state index contributed by atoms with van der Waals surface area (Å²) in [5.41, 5.74) is 1.52. The third-order valence-corrected chi connectivity index (χ3v) is 3.64. The summed E-state index contributed by atoms with van der Waals surface area (Å²) in [6.07, 6.45) is 0. The standard InChI is InChI=1S/C16H15F2N3/c1-19-16(14-11(17)7-5-8-12(14)18)15-10-6-3-4-9-13(10)21(2)20-15/h3-9,16,19H,1-2H3. The van der Waals surface area contributed by atoms with E-state index in [2.05, 4.69) is 10.4 Å². The molecule has 0 amide bonds. The van der Waals surface area contributed by atoms with E-state index in [9.17, 15) is 8.78 Å². The molecule has 1 unspecified atom stereocenters. The van der Waals surface area contributed by atoms with Crippen molar-refractivity contribution in [2.75, 3.05) is 7.05 Å². The van der Waals surface area contributed by atoms with Gasteiger partial charge in [-0.3, -0.25) is 4.68 Å². The Labute approximate surface area is 121 Å². The molecule has 0 saturated carbocycles. The second-order valence-corrected chi connectivity index (χ2v) is 4.88. The Hall–Kier alpha value is -2.27. The van der Waals surface area contributed by atoms with Crippen LogP contribution in [0.1, 0.15) is 17.3 Å². The fourth-order valence-corrected chi connectivity index (χ4v) is 2.66. The number of hydrogen-bond acceptors (Lipinski definition) is 2. The molecule has 3 aromatic rings. The van der Waals surface area contributed by atoms with Crippen LogP contribution in [0.2, 0.25) is 0 Å². The lowest BCUT2D eigenvalue weighted by Crippen LogP contribution is -2.21. The third-order valence-electron chi connectivity index (χ3n) is 3.64. The van der Waals surface area contributed by atoms with Crippen molar-refractivity contribution in [3.05, 3.63) is 65.4 Å². The Bertz CT molecular complexity index is 775. The minimum atomic E-state index is -0.641. The summed E-state index contributed by atoms with van der Waals surface area (Å²) < 4.78 is 29.8. The van der Waals surface area contributed by atoms with Crippen molar-refractivity contribution < 1.29 is 8.78 Å². The van der Waals surface area contributed by atoms with E-state index in [1.165, 1.54) is 18.2 Å². The van der Waals surface area contributed by atoms with Gasteiger partial charge < -0.3 is 5.32 Å². The predicted octanol–water partition coefficient (Wildman–Crippen LogP) is 3.16. The molecule has 0 bridgehead atoms. The Morgan fingerprint density at radius 1 is 1.05 bits per heavy atom. The first-order valence-corrected chi connectivity index (χ1v) is 6.66. The van der Waals surface area contributed by atoms with Crippen LogP contribution in [0.25, 0.3) is 10.9 Å². The van der Waals surface area contributed by atoms with Gasteiger partial charge in [-0.15, -0.1) is 0 Å². The van der Waals surface area contributed by atoms with E-state index in [0.717, 1.165) is 10.9 Å². The highest BCUT2D eigenvalue weighted by Gasteiger charge is 2.24. The molecule has 0 fully saturated rings. The molecule has 21 heavy (non-hydrogen) atoms. The van der Waals surface area contributed by atoms with E-state index in [1.54, 1.807) is 11.7 Å². The Balaban J connectivity index is 2.24. The zero-order valence-corrected chi connectivity index (χ0v) is 11.8. The molecular weight excluding hydrogens is 272 g/mol. The van der Waals surface area contributed by atoms with Crippen LogP contribution in [-0.4, -0.2) is 16.8 Å². The average molecular weight is 287 g/mol. The maximum absolute atomic E-state index is 14.1. The minimum Gasteiger partial charge on any atom is -0.308 e. The van der Waals surface area contributed by atoms with Crippen LogP contribution < -0.4 is 5.32 Å². The Morgan fingerprint density at radius 3 is 2.38 bits per heavy atom. The lowest BCUT2D eigenvalue weighted by atomic mass is 10.00. The molecule has 108 valence electrons. The van der Waals surface area contributed by atoms with Gasteiger partial charge in [-0.25, -0.2) is 8.78 Å². The lowest BCUT2D eigenvalue weighted by Gasteiger charge is -2.16. The predicted molar refractivity (Wildman–Crippen MR) is 78.0 cm³/mol. The Kier molecular flexibility index (Phi) is 3.43. The first-order valence-electron chi connectivity index (χ1n) is 6.66. The fourth-order valence-electron chi connectivity index (χ4n) is 2.66. The minimum absolute atomic E-state index is 0.0103. The average Bonchev–Trinajstić information content (AvgIpc) is 2.81. The molecule has 1 aromatic heterocycles. The molecule has 0 aliphatic heterocycles. The molecule has 5 heteroatoms. The SMILES string of the molecule is CNC(c1c(F)cccc1F)c1nn(C)c2ccccc12. The molecule has 1 atom stereocenters. The van der Waals surface area contributed by atoms with E-state index >= 15 is 0 Å². The molecule has 3 rings (SSSR count). The third kappa shape index (κ3) is 2.19. The number of benzene rings is 2. The molecule has 0 aliphatic rings. The second-order valence-electron chi connectivity index (χ2n) is 4.88. The van der Waals surface area contributed by atoms with Gasteiger partial charge in [0.2, 0.25) is 0 Å². The van der Waals surface area contributed by atoms with Gasteiger partial charge in [0.25, 0.3) is 0 Å². The molecule has 1 N–H and O–H groups in total. The van der Waals surface area contributed by atoms with Crippen molar-refractivity contribution >= 4 is 10.9 Å².